The number of rotatable bonds is 10. The number of aliphatic carboxylic acids is 1. The highest BCUT2D eigenvalue weighted by Gasteiger charge is 2.33. The molecule has 2 aromatic rings. The van der Waals surface area contributed by atoms with Crippen LogP contribution in [0.15, 0.2) is 53.4 Å². The highest BCUT2D eigenvalue weighted by atomic mass is 35.5. The standard InChI is InChI=1S/C21H26ClNO4S/c1-23(2)18-12-14-19(15-13-18)28(26,27)20(21(24)25)7-5-3-4-6-16-8-10-17(22)11-9-16/h8-15,20H,3-7H2,1-2H3,(H,24,25). The van der Waals surface area contributed by atoms with Gasteiger partial charge in [0.2, 0.25) is 0 Å². The number of carboxylic acid groups (broad SMARTS) is 1. The summed E-state index contributed by atoms with van der Waals surface area (Å²) in [5.74, 6) is -1.30. The van der Waals surface area contributed by atoms with Crippen LogP contribution in [0.2, 0.25) is 5.02 Å². The third kappa shape index (κ3) is 5.97. The van der Waals surface area contributed by atoms with Crippen LogP contribution in [0, 0.1) is 0 Å². The molecule has 0 amide bonds. The Labute approximate surface area is 171 Å². The molecule has 1 N–H and O–H groups in total. The van der Waals surface area contributed by atoms with Crippen molar-refractivity contribution in [1.29, 1.82) is 0 Å². The second-order valence-electron chi connectivity index (χ2n) is 6.99. The molecule has 5 nitrogen and oxygen atoms in total. The van der Waals surface area contributed by atoms with Crippen molar-refractivity contribution in [3.63, 3.8) is 0 Å². The minimum absolute atomic E-state index is 0.0478. The van der Waals surface area contributed by atoms with E-state index in [0.717, 1.165) is 30.5 Å². The summed E-state index contributed by atoms with van der Waals surface area (Å²) in [6, 6.07) is 13.9. The minimum atomic E-state index is -3.92. The van der Waals surface area contributed by atoms with E-state index < -0.39 is 21.1 Å². The average molecular weight is 424 g/mol. The number of carboxylic acids is 1. The molecule has 1 atom stereocenters. The Balaban J connectivity index is 1.94. The molecule has 7 heteroatoms. The fourth-order valence-corrected chi connectivity index (χ4v) is 4.71. The molecule has 0 aliphatic heterocycles. The first-order valence-corrected chi connectivity index (χ1v) is 11.1. The maximum absolute atomic E-state index is 12.8. The number of hydrogen-bond donors (Lipinski definition) is 1. The quantitative estimate of drug-likeness (QED) is 0.572. The number of sulfone groups is 1. The number of carbonyl (C=O) groups is 1. The first kappa shape index (κ1) is 22.2. The van der Waals surface area contributed by atoms with Gasteiger partial charge in [-0.2, -0.15) is 0 Å². The number of anilines is 1. The summed E-state index contributed by atoms with van der Waals surface area (Å²) in [5.41, 5.74) is 2.01. The van der Waals surface area contributed by atoms with Gasteiger partial charge in [-0.05, 0) is 61.2 Å². The van der Waals surface area contributed by atoms with Crippen molar-refractivity contribution in [3.8, 4) is 0 Å². The van der Waals surface area contributed by atoms with Crippen LogP contribution in [0.4, 0.5) is 5.69 Å². The summed E-state index contributed by atoms with van der Waals surface area (Å²) in [6.07, 6.45) is 3.13. The van der Waals surface area contributed by atoms with Crippen molar-refractivity contribution in [2.24, 2.45) is 0 Å². The lowest BCUT2D eigenvalue weighted by molar-refractivity contribution is -0.136. The predicted octanol–water partition coefficient (Wildman–Crippen LogP) is 4.44. The van der Waals surface area contributed by atoms with Gasteiger partial charge >= 0.3 is 5.97 Å². The zero-order valence-electron chi connectivity index (χ0n) is 16.1. The Kier molecular flexibility index (Phi) is 7.89. The van der Waals surface area contributed by atoms with E-state index in [9.17, 15) is 18.3 Å². The largest absolute Gasteiger partial charge is 0.480 e. The number of hydrogen-bond acceptors (Lipinski definition) is 4. The van der Waals surface area contributed by atoms with E-state index in [4.69, 9.17) is 11.6 Å². The predicted molar refractivity (Wildman–Crippen MR) is 113 cm³/mol. The number of nitrogens with zero attached hydrogens (tertiary/aromatic N) is 1. The van der Waals surface area contributed by atoms with E-state index in [1.807, 2.05) is 43.3 Å². The molecule has 0 saturated heterocycles. The second-order valence-corrected chi connectivity index (χ2v) is 9.55. The molecule has 0 aliphatic carbocycles. The SMILES string of the molecule is CN(C)c1ccc(S(=O)(=O)C(CCCCCc2ccc(Cl)cc2)C(=O)O)cc1. The highest BCUT2D eigenvalue weighted by molar-refractivity contribution is 7.92. The van der Waals surface area contributed by atoms with Gasteiger partial charge in [-0.1, -0.05) is 36.6 Å². The Bertz CT molecular complexity index is 878. The lowest BCUT2D eigenvalue weighted by Gasteiger charge is -2.16. The van der Waals surface area contributed by atoms with Gasteiger partial charge < -0.3 is 10.0 Å². The first-order chi connectivity index (χ1) is 13.2. The highest BCUT2D eigenvalue weighted by Crippen LogP contribution is 2.23. The molecule has 0 bridgehead atoms. The molecule has 0 aliphatic rings. The second kappa shape index (κ2) is 9.94. The van der Waals surface area contributed by atoms with Gasteiger partial charge in [-0.25, -0.2) is 8.42 Å². The van der Waals surface area contributed by atoms with Gasteiger partial charge in [0.25, 0.3) is 0 Å². The molecular formula is C21H26ClNO4S. The Morgan fingerprint density at radius 1 is 1.00 bits per heavy atom. The van der Waals surface area contributed by atoms with Crippen LogP contribution < -0.4 is 4.90 Å². The van der Waals surface area contributed by atoms with Gasteiger partial charge in [0.1, 0.15) is 0 Å². The summed E-state index contributed by atoms with van der Waals surface area (Å²) >= 11 is 5.86. The number of benzene rings is 2. The topological polar surface area (TPSA) is 74.7 Å². The molecule has 152 valence electrons. The Morgan fingerprint density at radius 2 is 1.61 bits per heavy atom. The zero-order valence-corrected chi connectivity index (χ0v) is 17.7. The van der Waals surface area contributed by atoms with Crippen LogP contribution in [0.1, 0.15) is 31.2 Å². The van der Waals surface area contributed by atoms with Crippen molar-refractivity contribution < 1.29 is 18.3 Å². The van der Waals surface area contributed by atoms with Crippen LogP contribution >= 0.6 is 11.6 Å². The van der Waals surface area contributed by atoms with E-state index >= 15 is 0 Å². The lowest BCUT2D eigenvalue weighted by atomic mass is 10.1. The fourth-order valence-electron chi connectivity index (χ4n) is 3.00. The Morgan fingerprint density at radius 3 is 2.14 bits per heavy atom. The van der Waals surface area contributed by atoms with Crippen molar-refractivity contribution in [2.45, 2.75) is 42.2 Å². The van der Waals surface area contributed by atoms with E-state index in [0.29, 0.717) is 11.4 Å². The van der Waals surface area contributed by atoms with Gasteiger partial charge in [-0.15, -0.1) is 0 Å². The first-order valence-electron chi connectivity index (χ1n) is 9.20. The molecule has 2 rings (SSSR count). The average Bonchev–Trinajstić information content (AvgIpc) is 2.65. The fraction of sp³-hybridized carbons (Fsp3) is 0.381. The molecule has 0 radical (unpaired) electrons. The van der Waals surface area contributed by atoms with Crippen molar-refractivity contribution in [1.82, 2.24) is 0 Å². The van der Waals surface area contributed by atoms with Gasteiger partial charge in [0.15, 0.2) is 15.1 Å². The monoisotopic (exact) mass is 423 g/mol. The summed E-state index contributed by atoms with van der Waals surface area (Å²) in [6.45, 7) is 0. The van der Waals surface area contributed by atoms with Crippen molar-refractivity contribution in [2.75, 3.05) is 19.0 Å². The lowest BCUT2D eigenvalue weighted by Crippen LogP contribution is -2.30. The smallest absolute Gasteiger partial charge is 0.322 e. The number of halogens is 1. The summed E-state index contributed by atoms with van der Waals surface area (Å²) in [4.78, 5) is 13.5. The van der Waals surface area contributed by atoms with Crippen LogP contribution in [0.5, 0.6) is 0 Å². The molecule has 2 aromatic carbocycles. The number of aryl methyl sites for hydroxylation is 1. The van der Waals surface area contributed by atoms with Crippen LogP contribution in [0.3, 0.4) is 0 Å². The third-order valence-electron chi connectivity index (χ3n) is 4.68. The van der Waals surface area contributed by atoms with Gasteiger partial charge in [0, 0.05) is 24.8 Å². The van der Waals surface area contributed by atoms with Gasteiger partial charge in [-0.3, -0.25) is 4.79 Å². The normalized spacial score (nSPS) is 12.5. The maximum Gasteiger partial charge on any atom is 0.322 e. The Hall–Kier alpha value is -2.05. The molecule has 0 saturated carbocycles. The maximum atomic E-state index is 12.8. The van der Waals surface area contributed by atoms with E-state index in [-0.39, 0.29) is 11.3 Å². The summed E-state index contributed by atoms with van der Waals surface area (Å²) in [7, 11) is -0.210. The van der Waals surface area contributed by atoms with Gasteiger partial charge in [0.05, 0.1) is 4.90 Å². The van der Waals surface area contributed by atoms with E-state index in [2.05, 4.69) is 0 Å². The van der Waals surface area contributed by atoms with Crippen LogP contribution in [-0.4, -0.2) is 38.8 Å². The molecule has 1 unspecified atom stereocenters. The molecule has 28 heavy (non-hydrogen) atoms. The molecule has 0 spiro atoms. The molecule has 0 heterocycles. The summed E-state index contributed by atoms with van der Waals surface area (Å²) in [5, 5.41) is 8.74. The molecule has 0 fully saturated rings. The zero-order chi connectivity index (χ0) is 20.7. The third-order valence-corrected chi connectivity index (χ3v) is 7.04. The van der Waals surface area contributed by atoms with Crippen LogP contribution in [-0.2, 0) is 21.1 Å². The summed E-state index contributed by atoms with van der Waals surface area (Å²) < 4.78 is 25.5. The molecule has 0 aromatic heterocycles. The van der Waals surface area contributed by atoms with E-state index in [1.54, 1.807) is 12.1 Å². The van der Waals surface area contributed by atoms with E-state index in [1.165, 1.54) is 12.1 Å². The molecular weight excluding hydrogens is 398 g/mol. The van der Waals surface area contributed by atoms with Crippen molar-refractivity contribution >= 4 is 33.1 Å². The minimum Gasteiger partial charge on any atom is -0.480 e. The number of unbranched alkanes of at least 4 members (excludes halogenated alkanes) is 2. The van der Waals surface area contributed by atoms with Crippen molar-refractivity contribution in [3.05, 3.63) is 59.1 Å². The van der Waals surface area contributed by atoms with Crippen LogP contribution in [0.25, 0.3) is 0 Å².